The molecule has 0 atom stereocenters. The Labute approximate surface area is 87.9 Å². The normalized spacial score (nSPS) is 12.5. The van der Waals surface area contributed by atoms with Gasteiger partial charge in [-0.1, -0.05) is 13.3 Å². The second kappa shape index (κ2) is 5.35. The molecule has 0 rings (SSSR count). The smallest absolute Gasteiger partial charge is 0.319 e. The monoisotopic (exact) mass is 201 g/mol. The van der Waals surface area contributed by atoms with Crippen LogP contribution in [0.25, 0.3) is 0 Å². The molecule has 3 nitrogen and oxygen atoms in total. The van der Waals surface area contributed by atoms with Gasteiger partial charge in [0.15, 0.2) is 0 Å². The van der Waals surface area contributed by atoms with E-state index in [4.69, 9.17) is 5.73 Å². The van der Waals surface area contributed by atoms with Crippen molar-refractivity contribution in [3.05, 3.63) is 0 Å². The highest BCUT2D eigenvalue weighted by molar-refractivity contribution is 5.64. The minimum absolute atomic E-state index is 0.191. The third-order valence-corrected chi connectivity index (χ3v) is 3.13. The summed E-state index contributed by atoms with van der Waals surface area (Å²) in [6, 6.07) is 0.335. The van der Waals surface area contributed by atoms with Crippen molar-refractivity contribution in [2.24, 2.45) is 5.73 Å². The quantitative estimate of drug-likeness (QED) is 0.682. The molecule has 2 N–H and O–H groups in total. The van der Waals surface area contributed by atoms with Crippen molar-refractivity contribution in [2.75, 3.05) is 6.54 Å². The number of nitrogens with zero attached hydrogens (tertiary/aromatic N) is 1. The van der Waals surface area contributed by atoms with E-state index < -0.39 is 0 Å². The molecule has 0 saturated carbocycles. The SMILES string of the molecule is CCCC[N+](C(N)=O)(C(C)C)C(C)C. The van der Waals surface area contributed by atoms with Crippen LogP contribution >= 0.6 is 0 Å². The summed E-state index contributed by atoms with van der Waals surface area (Å²) < 4.78 is 0.411. The van der Waals surface area contributed by atoms with E-state index in [-0.39, 0.29) is 18.1 Å². The minimum Gasteiger partial charge on any atom is -0.319 e. The van der Waals surface area contributed by atoms with Crippen molar-refractivity contribution < 1.29 is 9.28 Å². The van der Waals surface area contributed by atoms with Gasteiger partial charge in [-0.25, -0.2) is 9.28 Å². The Hall–Kier alpha value is -0.570. The maximum atomic E-state index is 11.6. The fourth-order valence-corrected chi connectivity index (χ4v) is 2.15. The molecule has 0 fully saturated rings. The van der Waals surface area contributed by atoms with Gasteiger partial charge in [0.1, 0.15) is 0 Å². The van der Waals surface area contributed by atoms with Crippen LogP contribution in [-0.2, 0) is 0 Å². The van der Waals surface area contributed by atoms with E-state index in [0.29, 0.717) is 4.48 Å². The molecular formula is C11H25N2O+. The molecule has 0 heterocycles. The van der Waals surface area contributed by atoms with Gasteiger partial charge in [0, 0.05) is 0 Å². The first kappa shape index (κ1) is 13.4. The molecule has 0 radical (unpaired) electrons. The number of amides is 2. The second-order valence-corrected chi connectivity index (χ2v) is 4.53. The molecule has 0 aromatic rings. The first-order valence-corrected chi connectivity index (χ1v) is 5.57. The van der Waals surface area contributed by atoms with Crippen LogP contribution in [-0.4, -0.2) is 29.1 Å². The van der Waals surface area contributed by atoms with Crippen LogP contribution in [0.15, 0.2) is 0 Å². The van der Waals surface area contributed by atoms with Crippen LogP contribution in [0.5, 0.6) is 0 Å². The van der Waals surface area contributed by atoms with Gasteiger partial charge in [-0.3, -0.25) is 0 Å². The predicted octanol–water partition coefficient (Wildman–Crippen LogP) is 2.50. The van der Waals surface area contributed by atoms with Crippen molar-refractivity contribution in [1.29, 1.82) is 0 Å². The van der Waals surface area contributed by atoms with Crippen molar-refractivity contribution >= 4 is 6.03 Å². The van der Waals surface area contributed by atoms with Crippen LogP contribution in [0.3, 0.4) is 0 Å². The fraction of sp³-hybridized carbons (Fsp3) is 0.909. The largest absolute Gasteiger partial charge is 0.414 e. The molecule has 0 aliphatic heterocycles. The molecule has 0 bridgehead atoms. The van der Waals surface area contributed by atoms with E-state index in [2.05, 4.69) is 34.6 Å². The number of rotatable bonds is 5. The Balaban J connectivity index is 4.85. The molecule has 0 aliphatic carbocycles. The lowest BCUT2D eigenvalue weighted by molar-refractivity contribution is -0.891. The van der Waals surface area contributed by atoms with E-state index in [0.717, 1.165) is 19.4 Å². The summed E-state index contributed by atoms with van der Waals surface area (Å²) >= 11 is 0. The molecule has 0 unspecified atom stereocenters. The lowest BCUT2D eigenvalue weighted by atomic mass is 10.1. The lowest BCUT2D eigenvalue weighted by Gasteiger charge is -2.41. The highest BCUT2D eigenvalue weighted by Gasteiger charge is 2.40. The number of carbonyl (C=O) groups is 1. The zero-order valence-electron chi connectivity index (χ0n) is 10.2. The predicted molar refractivity (Wildman–Crippen MR) is 59.9 cm³/mol. The molecule has 0 aromatic heterocycles. The molecule has 3 heteroatoms. The number of hydrogen-bond acceptors (Lipinski definition) is 1. The summed E-state index contributed by atoms with van der Waals surface area (Å²) in [6.45, 7) is 11.3. The lowest BCUT2D eigenvalue weighted by Crippen LogP contribution is -2.64. The zero-order chi connectivity index (χ0) is 11.4. The zero-order valence-corrected chi connectivity index (χ0v) is 10.2. The summed E-state index contributed by atoms with van der Waals surface area (Å²) in [7, 11) is 0. The molecule has 0 aliphatic rings. The highest BCUT2D eigenvalue weighted by Crippen LogP contribution is 2.20. The number of primary amides is 1. The third-order valence-electron chi connectivity index (χ3n) is 3.13. The topological polar surface area (TPSA) is 43.1 Å². The molecule has 0 aromatic carbocycles. The first-order valence-electron chi connectivity index (χ1n) is 5.57. The van der Waals surface area contributed by atoms with E-state index in [1.54, 1.807) is 0 Å². The standard InChI is InChI=1S/C11H24N2O/c1-6-7-8-13(9(2)3,10(4)5)11(12)14/h9-10H,6-8H2,1-5H3,(H-,12,14)/p+1. The molecule has 84 valence electrons. The molecule has 14 heavy (non-hydrogen) atoms. The van der Waals surface area contributed by atoms with Gasteiger partial charge >= 0.3 is 6.03 Å². The number of nitrogens with two attached hydrogens (primary N) is 1. The average molecular weight is 201 g/mol. The van der Waals surface area contributed by atoms with Crippen molar-refractivity contribution in [3.8, 4) is 0 Å². The molecule has 0 spiro atoms. The Bertz CT molecular complexity index is 180. The Morgan fingerprint density at radius 2 is 1.64 bits per heavy atom. The van der Waals surface area contributed by atoms with Crippen molar-refractivity contribution in [3.63, 3.8) is 0 Å². The summed E-state index contributed by atoms with van der Waals surface area (Å²) in [5.41, 5.74) is 5.55. The van der Waals surface area contributed by atoms with E-state index in [1.165, 1.54) is 0 Å². The third kappa shape index (κ3) is 2.47. The van der Waals surface area contributed by atoms with Gasteiger partial charge in [-0.2, -0.15) is 0 Å². The minimum atomic E-state index is -0.191. The first-order chi connectivity index (χ1) is 6.39. The summed E-state index contributed by atoms with van der Waals surface area (Å²) in [5, 5.41) is 0. The van der Waals surface area contributed by atoms with Gasteiger partial charge in [0.25, 0.3) is 0 Å². The number of urea groups is 1. The highest BCUT2D eigenvalue weighted by atomic mass is 16.2. The van der Waals surface area contributed by atoms with E-state index >= 15 is 0 Å². The van der Waals surface area contributed by atoms with Gasteiger partial charge in [0.05, 0.1) is 18.6 Å². The number of hydrogen-bond donors (Lipinski definition) is 1. The van der Waals surface area contributed by atoms with Gasteiger partial charge < -0.3 is 5.73 Å². The maximum Gasteiger partial charge on any atom is 0.414 e. The van der Waals surface area contributed by atoms with Crippen LogP contribution in [0, 0.1) is 0 Å². The molecular weight excluding hydrogens is 176 g/mol. The van der Waals surface area contributed by atoms with Crippen LogP contribution in [0.2, 0.25) is 0 Å². The van der Waals surface area contributed by atoms with E-state index in [9.17, 15) is 4.79 Å². The Kier molecular flexibility index (Phi) is 5.13. The second-order valence-electron chi connectivity index (χ2n) is 4.53. The summed E-state index contributed by atoms with van der Waals surface area (Å²) in [5.74, 6) is 0. The number of quaternary nitrogens is 1. The van der Waals surface area contributed by atoms with Gasteiger partial charge in [-0.05, 0) is 34.1 Å². The molecule has 0 saturated heterocycles. The van der Waals surface area contributed by atoms with Crippen LogP contribution in [0.1, 0.15) is 47.5 Å². The summed E-state index contributed by atoms with van der Waals surface area (Å²) in [6.07, 6.45) is 2.16. The average Bonchev–Trinajstić information content (AvgIpc) is 2.03. The van der Waals surface area contributed by atoms with Crippen molar-refractivity contribution in [1.82, 2.24) is 0 Å². The van der Waals surface area contributed by atoms with Crippen LogP contribution < -0.4 is 5.73 Å². The molecule has 2 amide bonds. The fourth-order valence-electron chi connectivity index (χ4n) is 2.15. The Morgan fingerprint density at radius 3 is 1.86 bits per heavy atom. The van der Waals surface area contributed by atoms with Crippen LogP contribution in [0.4, 0.5) is 4.79 Å². The van der Waals surface area contributed by atoms with E-state index in [1.807, 2.05) is 0 Å². The number of unbranched alkanes of at least 4 members (excludes halogenated alkanes) is 1. The Morgan fingerprint density at radius 1 is 1.21 bits per heavy atom. The maximum absolute atomic E-state index is 11.6. The van der Waals surface area contributed by atoms with Gasteiger partial charge in [0.2, 0.25) is 0 Å². The number of carbonyl (C=O) groups excluding carboxylic acids is 1. The van der Waals surface area contributed by atoms with Gasteiger partial charge in [-0.15, -0.1) is 0 Å². The summed E-state index contributed by atoms with van der Waals surface area (Å²) in [4.78, 5) is 11.6. The van der Waals surface area contributed by atoms with Crippen molar-refractivity contribution in [2.45, 2.75) is 59.5 Å².